The Morgan fingerprint density at radius 2 is 2.41 bits per heavy atom. The minimum absolute atomic E-state index is 0.114. The van der Waals surface area contributed by atoms with Crippen LogP contribution in [0.3, 0.4) is 0 Å². The summed E-state index contributed by atoms with van der Waals surface area (Å²) < 4.78 is 1.38. The van der Waals surface area contributed by atoms with Gasteiger partial charge in [0.25, 0.3) is 0 Å². The van der Waals surface area contributed by atoms with E-state index in [0.29, 0.717) is 19.6 Å². The predicted octanol–water partition coefficient (Wildman–Crippen LogP) is -0.354. The molecule has 0 bridgehead atoms. The van der Waals surface area contributed by atoms with Crippen LogP contribution in [0.25, 0.3) is 0 Å². The first-order valence-corrected chi connectivity index (χ1v) is 5.28. The van der Waals surface area contributed by atoms with E-state index in [1.165, 1.54) is 16.9 Å². The molecule has 0 unspecified atom stereocenters. The van der Waals surface area contributed by atoms with E-state index < -0.39 is 4.92 Å². The molecular formula is C9H15N5O3. The predicted molar refractivity (Wildman–Crippen MR) is 60.2 cm³/mol. The van der Waals surface area contributed by atoms with Crippen molar-refractivity contribution in [1.82, 2.24) is 15.1 Å². The van der Waals surface area contributed by atoms with E-state index in [1.807, 2.05) is 0 Å². The molecule has 0 radical (unpaired) electrons. The van der Waals surface area contributed by atoms with Gasteiger partial charge in [-0.25, -0.2) is 0 Å². The number of rotatable bonds is 7. The van der Waals surface area contributed by atoms with Crippen LogP contribution in [0.1, 0.15) is 12.8 Å². The largest absolute Gasteiger partial charge is 0.389 e. The van der Waals surface area contributed by atoms with Crippen LogP contribution in [0.4, 0.5) is 5.82 Å². The van der Waals surface area contributed by atoms with Crippen molar-refractivity contribution >= 4 is 11.7 Å². The number of nitrogens with zero attached hydrogens (tertiary/aromatic N) is 3. The van der Waals surface area contributed by atoms with Gasteiger partial charge in [-0.1, -0.05) is 0 Å². The van der Waals surface area contributed by atoms with Crippen LogP contribution in [0, 0.1) is 10.1 Å². The van der Waals surface area contributed by atoms with E-state index >= 15 is 0 Å². The summed E-state index contributed by atoms with van der Waals surface area (Å²) in [5.41, 5.74) is 5.28. The number of amides is 1. The first-order valence-electron chi connectivity index (χ1n) is 5.28. The van der Waals surface area contributed by atoms with Crippen LogP contribution in [-0.2, 0) is 11.3 Å². The van der Waals surface area contributed by atoms with E-state index in [9.17, 15) is 14.9 Å². The fourth-order valence-electron chi connectivity index (χ4n) is 1.21. The first-order chi connectivity index (χ1) is 8.13. The second-order valence-electron chi connectivity index (χ2n) is 3.44. The van der Waals surface area contributed by atoms with Crippen molar-refractivity contribution in [2.75, 3.05) is 13.1 Å². The summed E-state index contributed by atoms with van der Waals surface area (Å²) in [7, 11) is 0. The van der Waals surface area contributed by atoms with Crippen LogP contribution in [-0.4, -0.2) is 33.7 Å². The standard InChI is InChI=1S/C9H15N5O3/c10-4-1-5-11-9(15)3-7-13-6-2-8(12-13)14(16)17/h2,6H,1,3-5,7,10H2,(H,11,15). The number of aryl methyl sites for hydroxylation is 1. The van der Waals surface area contributed by atoms with Gasteiger partial charge in [0.15, 0.2) is 0 Å². The quantitative estimate of drug-likeness (QED) is 0.384. The van der Waals surface area contributed by atoms with Gasteiger partial charge in [0, 0.05) is 13.0 Å². The van der Waals surface area contributed by atoms with Crippen molar-refractivity contribution in [3.8, 4) is 0 Å². The summed E-state index contributed by atoms with van der Waals surface area (Å²) in [5.74, 6) is -0.329. The van der Waals surface area contributed by atoms with Crippen molar-refractivity contribution in [3.63, 3.8) is 0 Å². The summed E-state index contributed by atoms with van der Waals surface area (Å²) in [6.45, 7) is 1.41. The van der Waals surface area contributed by atoms with Crippen molar-refractivity contribution < 1.29 is 9.72 Å². The molecule has 0 aromatic carbocycles. The SMILES string of the molecule is NCCCNC(=O)CCn1ccc([N+](=O)[O-])n1. The third-order valence-electron chi connectivity index (χ3n) is 2.08. The molecule has 0 aliphatic heterocycles. The van der Waals surface area contributed by atoms with E-state index in [2.05, 4.69) is 10.4 Å². The van der Waals surface area contributed by atoms with Crippen LogP contribution >= 0.6 is 0 Å². The number of hydrogen-bond donors (Lipinski definition) is 2. The monoisotopic (exact) mass is 241 g/mol. The topological polar surface area (TPSA) is 116 Å². The molecule has 0 atom stereocenters. The fourth-order valence-corrected chi connectivity index (χ4v) is 1.21. The highest BCUT2D eigenvalue weighted by atomic mass is 16.6. The minimum Gasteiger partial charge on any atom is -0.358 e. The molecule has 8 heteroatoms. The molecule has 1 heterocycles. The average Bonchev–Trinajstić information content (AvgIpc) is 2.75. The van der Waals surface area contributed by atoms with Gasteiger partial charge in [0.2, 0.25) is 5.91 Å². The van der Waals surface area contributed by atoms with Gasteiger partial charge >= 0.3 is 5.82 Å². The Bertz CT molecular complexity index is 390. The molecule has 1 aromatic rings. The number of hydrogen-bond acceptors (Lipinski definition) is 5. The highest BCUT2D eigenvalue weighted by molar-refractivity contribution is 5.75. The van der Waals surface area contributed by atoms with Crippen LogP contribution in [0.2, 0.25) is 0 Å². The summed E-state index contributed by atoms with van der Waals surface area (Å²) in [6, 6.07) is 1.30. The van der Waals surface area contributed by atoms with E-state index in [4.69, 9.17) is 5.73 Å². The second-order valence-corrected chi connectivity index (χ2v) is 3.44. The Morgan fingerprint density at radius 1 is 1.65 bits per heavy atom. The van der Waals surface area contributed by atoms with Gasteiger partial charge in [-0.2, -0.15) is 4.68 Å². The molecule has 0 aliphatic carbocycles. The highest BCUT2D eigenvalue weighted by Gasteiger charge is 2.11. The molecular weight excluding hydrogens is 226 g/mol. The molecule has 17 heavy (non-hydrogen) atoms. The Balaban J connectivity index is 2.29. The molecule has 0 aliphatic rings. The molecule has 8 nitrogen and oxygen atoms in total. The average molecular weight is 241 g/mol. The molecule has 1 rings (SSSR count). The smallest absolute Gasteiger partial charge is 0.358 e. The van der Waals surface area contributed by atoms with Crippen molar-refractivity contribution in [2.24, 2.45) is 5.73 Å². The van der Waals surface area contributed by atoms with Crippen molar-refractivity contribution in [2.45, 2.75) is 19.4 Å². The zero-order valence-electron chi connectivity index (χ0n) is 9.33. The van der Waals surface area contributed by atoms with Gasteiger partial charge in [-0.05, 0) is 17.9 Å². The number of carbonyl (C=O) groups excluding carboxylic acids is 1. The van der Waals surface area contributed by atoms with E-state index in [-0.39, 0.29) is 18.1 Å². The fraction of sp³-hybridized carbons (Fsp3) is 0.556. The van der Waals surface area contributed by atoms with E-state index in [0.717, 1.165) is 6.42 Å². The van der Waals surface area contributed by atoms with Crippen LogP contribution < -0.4 is 11.1 Å². The van der Waals surface area contributed by atoms with Gasteiger partial charge in [0.05, 0.1) is 23.9 Å². The third kappa shape index (κ3) is 4.60. The highest BCUT2D eigenvalue weighted by Crippen LogP contribution is 2.05. The molecule has 94 valence electrons. The van der Waals surface area contributed by atoms with Crippen LogP contribution in [0.5, 0.6) is 0 Å². The Labute approximate surface area is 97.9 Å². The number of nitrogens with one attached hydrogen (secondary N) is 1. The normalized spacial score (nSPS) is 10.2. The van der Waals surface area contributed by atoms with Crippen LogP contribution in [0.15, 0.2) is 12.3 Å². The summed E-state index contributed by atoms with van der Waals surface area (Å²) in [4.78, 5) is 21.1. The Kier molecular flexibility index (Phi) is 5.08. The van der Waals surface area contributed by atoms with Crippen molar-refractivity contribution in [1.29, 1.82) is 0 Å². The zero-order valence-corrected chi connectivity index (χ0v) is 9.33. The van der Waals surface area contributed by atoms with Crippen molar-refractivity contribution in [3.05, 3.63) is 22.4 Å². The molecule has 0 fully saturated rings. The number of aromatic nitrogens is 2. The second kappa shape index (κ2) is 6.59. The van der Waals surface area contributed by atoms with E-state index in [1.54, 1.807) is 0 Å². The maximum absolute atomic E-state index is 11.3. The van der Waals surface area contributed by atoms with Gasteiger partial charge in [-0.15, -0.1) is 0 Å². The van der Waals surface area contributed by atoms with Gasteiger partial charge in [-0.3, -0.25) is 4.79 Å². The molecule has 0 saturated heterocycles. The molecule has 0 spiro atoms. The molecule has 1 aromatic heterocycles. The number of nitro groups is 1. The lowest BCUT2D eigenvalue weighted by molar-refractivity contribution is -0.389. The Morgan fingerprint density at radius 3 is 3.00 bits per heavy atom. The molecule has 0 saturated carbocycles. The molecule has 1 amide bonds. The lowest BCUT2D eigenvalue weighted by Gasteiger charge is -2.02. The lowest BCUT2D eigenvalue weighted by atomic mass is 10.3. The first kappa shape index (κ1) is 13.1. The number of nitrogens with two attached hydrogens (primary N) is 1. The Hall–Kier alpha value is -1.96. The summed E-state index contributed by atoms with van der Waals surface area (Å²) >= 11 is 0. The maximum Gasteiger partial charge on any atom is 0.389 e. The summed E-state index contributed by atoms with van der Waals surface area (Å²) in [5, 5.41) is 16.8. The summed E-state index contributed by atoms with van der Waals surface area (Å²) in [6.07, 6.45) is 2.45. The van der Waals surface area contributed by atoms with Gasteiger partial charge in [0.1, 0.15) is 0 Å². The zero-order chi connectivity index (χ0) is 12.7. The molecule has 3 N–H and O–H groups in total. The minimum atomic E-state index is -0.572. The third-order valence-corrected chi connectivity index (χ3v) is 2.08. The lowest BCUT2D eigenvalue weighted by Crippen LogP contribution is -2.26. The maximum atomic E-state index is 11.3. The van der Waals surface area contributed by atoms with Gasteiger partial charge < -0.3 is 21.2 Å². The number of carbonyl (C=O) groups is 1.